The maximum absolute atomic E-state index is 6.29. The molecule has 1 saturated carbocycles. The monoisotopic (exact) mass is 236 g/mol. The molecule has 2 N–H and O–H groups in total. The summed E-state index contributed by atoms with van der Waals surface area (Å²) in [7, 11) is 1.62. The number of nitrogens with two attached hydrogens (primary N) is 1. The molecule has 0 radical (unpaired) electrons. The number of nitrogens with zero attached hydrogens (tertiary/aromatic N) is 1. The van der Waals surface area contributed by atoms with Crippen molar-refractivity contribution >= 4 is 0 Å². The number of hydrogen-bond acceptors (Lipinski definition) is 4. The summed E-state index contributed by atoms with van der Waals surface area (Å²) < 4.78 is 10.7. The first-order valence-electron chi connectivity index (χ1n) is 6.14. The molecule has 94 valence electrons. The molecule has 1 fully saturated rings. The first-order chi connectivity index (χ1) is 8.22. The Morgan fingerprint density at radius 2 is 2.06 bits per heavy atom. The lowest BCUT2D eigenvalue weighted by atomic mass is 9.83. The van der Waals surface area contributed by atoms with Crippen molar-refractivity contribution in [3.05, 3.63) is 18.3 Å². The SMILES string of the molecule is COc1ccc(OCC2(N)CCCCC2)nc1. The van der Waals surface area contributed by atoms with Gasteiger partial charge in [-0.15, -0.1) is 0 Å². The highest BCUT2D eigenvalue weighted by molar-refractivity contribution is 5.22. The van der Waals surface area contributed by atoms with Crippen LogP contribution in [-0.4, -0.2) is 24.2 Å². The van der Waals surface area contributed by atoms with Crippen LogP contribution >= 0.6 is 0 Å². The van der Waals surface area contributed by atoms with Crippen molar-refractivity contribution in [2.75, 3.05) is 13.7 Å². The van der Waals surface area contributed by atoms with E-state index in [1.54, 1.807) is 13.3 Å². The van der Waals surface area contributed by atoms with E-state index in [-0.39, 0.29) is 5.54 Å². The summed E-state index contributed by atoms with van der Waals surface area (Å²) in [5.74, 6) is 1.35. The summed E-state index contributed by atoms with van der Waals surface area (Å²) in [5, 5.41) is 0. The molecule has 2 rings (SSSR count). The minimum Gasteiger partial charge on any atom is -0.495 e. The van der Waals surface area contributed by atoms with Crippen LogP contribution in [0.15, 0.2) is 18.3 Å². The van der Waals surface area contributed by atoms with E-state index in [0.29, 0.717) is 12.5 Å². The maximum Gasteiger partial charge on any atom is 0.213 e. The number of pyridine rings is 1. The van der Waals surface area contributed by atoms with E-state index in [1.165, 1.54) is 19.3 Å². The standard InChI is InChI=1S/C13H20N2O2/c1-16-11-5-6-12(15-9-11)17-10-13(14)7-3-2-4-8-13/h5-6,9H,2-4,7-8,10,14H2,1H3. The zero-order valence-electron chi connectivity index (χ0n) is 10.3. The third-order valence-corrected chi connectivity index (χ3v) is 3.30. The molecule has 0 atom stereocenters. The Morgan fingerprint density at radius 3 is 2.65 bits per heavy atom. The van der Waals surface area contributed by atoms with Gasteiger partial charge in [0.15, 0.2) is 0 Å². The van der Waals surface area contributed by atoms with Gasteiger partial charge >= 0.3 is 0 Å². The predicted octanol–water partition coefficient (Wildman–Crippen LogP) is 2.13. The van der Waals surface area contributed by atoms with Gasteiger partial charge in [0.25, 0.3) is 0 Å². The average molecular weight is 236 g/mol. The molecule has 0 aliphatic heterocycles. The van der Waals surface area contributed by atoms with Gasteiger partial charge in [-0.05, 0) is 18.9 Å². The average Bonchev–Trinajstić information content (AvgIpc) is 2.38. The lowest BCUT2D eigenvalue weighted by Crippen LogP contribution is -2.47. The van der Waals surface area contributed by atoms with Gasteiger partial charge in [-0.3, -0.25) is 0 Å². The third kappa shape index (κ3) is 3.33. The molecule has 0 unspecified atom stereocenters. The quantitative estimate of drug-likeness (QED) is 0.870. The van der Waals surface area contributed by atoms with Crippen LogP contribution in [0.4, 0.5) is 0 Å². The van der Waals surface area contributed by atoms with Crippen LogP contribution in [0.5, 0.6) is 11.6 Å². The molecule has 0 amide bonds. The van der Waals surface area contributed by atoms with Gasteiger partial charge in [0.05, 0.1) is 18.8 Å². The van der Waals surface area contributed by atoms with Gasteiger partial charge in [0.2, 0.25) is 5.88 Å². The molecule has 0 aromatic carbocycles. The van der Waals surface area contributed by atoms with E-state index in [2.05, 4.69) is 4.98 Å². The van der Waals surface area contributed by atoms with Crippen molar-refractivity contribution in [2.45, 2.75) is 37.6 Å². The highest BCUT2D eigenvalue weighted by Gasteiger charge is 2.28. The van der Waals surface area contributed by atoms with Gasteiger partial charge in [-0.1, -0.05) is 19.3 Å². The van der Waals surface area contributed by atoms with Crippen molar-refractivity contribution < 1.29 is 9.47 Å². The van der Waals surface area contributed by atoms with Crippen LogP contribution in [0.3, 0.4) is 0 Å². The summed E-state index contributed by atoms with van der Waals surface area (Å²) in [6, 6.07) is 3.65. The molecule has 1 aliphatic carbocycles. The van der Waals surface area contributed by atoms with E-state index < -0.39 is 0 Å². The Bertz CT molecular complexity index is 345. The fraction of sp³-hybridized carbons (Fsp3) is 0.615. The van der Waals surface area contributed by atoms with E-state index >= 15 is 0 Å². The maximum atomic E-state index is 6.29. The van der Waals surface area contributed by atoms with Crippen LogP contribution in [0, 0.1) is 0 Å². The molecule has 4 nitrogen and oxygen atoms in total. The van der Waals surface area contributed by atoms with Gasteiger partial charge < -0.3 is 15.2 Å². The Kier molecular flexibility index (Phi) is 3.84. The molecular weight excluding hydrogens is 216 g/mol. The molecule has 4 heteroatoms. The first kappa shape index (κ1) is 12.2. The molecule has 1 aliphatic rings. The van der Waals surface area contributed by atoms with Crippen LogP contribution in [0.25, 0.3) is 0 Å². The Labute approximate surface area is 102 Å². The highest BCUT2D eigenvalue weighted by atomic mass is 16.5. The van der Waals surface area contributed by atoms with E-state index in [1.807, 2.05) is 12.1 Å². The molecule has 0 saturated heterocycles. The zero-order chi connectivity index (χ0) is 12.1. The van der Waals surface area contributed by atoms with Crippen molar-refractivity contribution in [2.24, 2.45) is 5.73 Å². The van der Waals surface area contributed by atoms with Crippen molar-refractivity contribution in [3.8, 4) is 11.6 Å². The molecule has 0 bridgehead atoms. The lowest BCUT2D eigenvalue weighted by Gasteiger charge is -2.32. The van der Waals surface area contributed by atoms with E-state index in [9.17, 15) is 0 Å². The number of ether oxygens (including phenoxy) is 2. The second-order valence-electron chi connectivity index (χ2n) is 4.75. The van der Waals surface area contributed by atoms with Gasteiger partial charge in [0.1, 0.15) is 12.4 Å². The summed E-state index contributed by atoms with van der Waals surface area (Å²) in [6.45, 7) is 0.548. The molecule has 1 heterocycles. The fourth-order valence-electron chi connectivity index (χ4n) is 2.19. The number of hydrogen-bond donors (Lipinski definition) is 1. The van der Waals surface area contributed by atoms with Crippen molar-refractivity contribution in [1.29, 1.82) is 0 Å². The van der Waals surface area contributed by atoms with E-state index in [4.69, 9.17) is 15.2 Å². The molecule has 17 heavy (non-hydrogen) atoms. The number of rotatable bonds is 4. The smallest absolute Gasteiger partial charge is 0.213 e. The zero-order valence-corrected chi connectivity index (χ0v) is 10.3. The number of methoxy groups -OCH3 is 1. The van der Waals surface area contributed by atoms with Crippen LogP contribution in [0.1, 0.15) is 32.1 Å². The molecule has 0 spiro atoms. The van der Waals surface area contributed by atoms with Gasteiger partial charge in [0, 0.05) is 6.07 Å². The van der Waals surface area contributed by atoms with E-state index in [0.717, 1.165) is 18.6 Å². The summed E-state index contributed by atoms with van der Waals surface area (Å²) in [6.07, 6.45) is 7.44. The molecule has 1 aromatic heterocycles. The van der Waals surface area contributed by atoms with Crippen molar-refractivity contribution in [3.63, 3.8) is 0 Å². The van der Waals surface area contributed by atoms with Crippen LogP contribution in [0.2, 0.25) is 0 Å². The van der Waals surface area contributed by atoms with Gasteiger partial charge in [-0.25, -0.2) is 4.98 Å². The Balaban J connectivity index is 1.87. The number of aromatic nitrogens is 1. The van der Waals surface area contributed by atoms with Crippen LogP contribution < -0.4 is 15.2 Å². The highest BCUT2D eigenvalue weighted by Crippen LogP contribution is 2.26. The molecular formula is C13H20N2O2. The summed E-state index contributed by atoms with van der Waals surface area (Å²) in [5.41, 5.74) is 6.12. The summed E-state index contributed by atoms with van der Waals surface area (Å²) in [4.78, 5) is 4.16. The largest absolute Gasteiger partial charge is 0.495 e. The Morgan fingerprint density at radius 1 is 1.29 bits per heavy atom. The van der Waals surface area contributed by atoms with Gasteiger partial charge in [-0.2, -0.15) is 0 Å². The van der Waals surface area contributed by atoms with Crippen molar-refractivity contribution in [1.82, 2.24) is 4.98 Å². The normalized spacial score (nSPS) is 18.7. The minimum absolute atomic E-state index is 0.167. The summed E-state index contributed by atoms with van der Waals surface area (Å²) >= 11 is 0. The lowest BCUT2D eigenvalue weighted by molar-refractivity contribution is 0.169. The second kappa shape index (κ2) is 5.36. The third-order valence-electron chi connectivity index (χ3n) is 3.30. The molecule has 1 aromatic rings. The first-order valence-corrected chi connectivity index (χ1v) is 6.14. The Hall–Kier alpha value is -1.29. The fourth-order valence-corrected chi connectivity index (χ4v) is 2.19. The minimum atomic E-state index is -0.167. The second-order valence-corrected chi connectivity index (χ2v) is 4.75. The van der Waals surface area contributed by atoms with Crippen LogP contribution in [-0.2, 0) is 0 Å². The topological polar surface area (TPSA) is 57.4 Å². The predicted molar refractivity (Wildman–Crippen MR) is 66.3 cm³/mol.